The summed E-state index contributed by atoms with van der Waals surface area (Å²) in [7, 11) is 0. The van der Waals surface area contributed by atoms with Crippen molar-refractivity contribution in [3.8, 4) is 11.1 Å². The molecule has 0 radical (unpaired) electrons. The van der Waals surface area contributed by atoms with E-state index in [9.17, 15) is 0 Å². The third-order valence-electron chi connectivity index (χ3n) is 11.0. The van der Waals surface area contributed by atoms with E-state index < -0.39 is 0 Å². The predicted octanol–water partition coefficient (Wildman–Crippen LogP) is 11.0. The molecule has 0 amide bonds. The molecular weight excluding hydrogens is 683 g/mol. The van der Waals surface area contributed by atoms with Crippen LogP contribution in [-0.4, -0.2) is 5.84 Å². The molecule has 270 valence electrons. The van der Waals surface area contributed by atoms with E-state index in [1.165, 1.54) is 49.4 Å². The first-order chi connectivity index (χ1) is 27.8. The molecule has 0 bridgehead atoms. The third kappa shape index (κ3) is 6.43. The van der Waals surface area contributed by atoms with Gasteiger partial charge in [-0.1, -0.05) is 194 Å². The first-order valence-electron chi connectivity index (χ1n) is 19.4. The molecule has 2 aliphatic heterocycles. The van der Waals surface area contributed by atoms with Crippen molar-refractivity contribution in [2.75, 3.05) is 0 Å². The number of fused-ring (bicyclic) bond motifs is 3. The van der Waals surface area contributed by atoms with Gasteiger partial charge >= 0.3 is 0 Å². The number of hydrogen-bond donors (Lipinski definition) is 4. The fraction of sp³-hybridized carbons (Fsp3) is 0.0784. The van der Waals surface area contributed by atoms with Gasteiger partial charge in [0.15, 0.2) is 0 Å². The van der Waals surface area contributed by atoms with Crippen molar-refractivity contribution in [1.29, 1.82) is 0 Å². The van der Waals surface area contributed by atoms with Crippen molar-refractivity contribution in [3.05, 3.63) is 234 Å². The Labute approximate surface area is 327 Å². The first-order valence-corrected chi connectivity index (χ1v) is 19.4. The van der Waals surface area contributed by atoms with E-state index in [1.54, 1.807) is 0 Å². The van der Waals surface area contributed by atoms with Gasteiger partial charge in [0, 0.05) is 16.8 Å². The monoisotopic (exact) mass is 723 g/mol. The van der Waals surface area contributed by atoms with Crippen LogP contribution in [0.25, 0.3) is 38.4 Å². The van der Waals surface area contributed by atoms with E-state index in [0.717, 1.165) is 28.2 Å². The van der Waals surface area contributed by atoms with E-state index in [4.69, 9.17) is 4.99 Å². The Kier molecular flexibility index (Phi) is 8.92. The SMILES string of the molecule is C1=C(c2ccccc2)NC(c2ccccc2)NC1c1ccc(-c2c(C3N=C(c4ccccc4)NC(c4ccccc4)N3)c3ccccc3c3ccccc23)cc1. The molecule has 2 aliphatic rings. The summed E-state index contributed by atoms with van der Waals surface area (Å²) in [5.74, 6) is 0.868. The largest absolute Gasteiger partial charge is 0.366 e. The van der Waals surface area contributed by atoms with Crippen molar-refractivity contribution >= 4 is 33.1 Å². The number of hydrogen-bond acceptors (Lipinski definition) is 5. The molecule has 8 aromatic rings. The van der Waals surface area contributed by atoms with Gasteiger partial charge in [-0.3, -0.25) is 10.6 Å². The predicted molar refractivity (Wildman–Crippen MR) is 231 cm³/mol. The Bertz CT molecular complexity index is 2690. The number of amidine groups is 1. The number of aliphatic imine (C=N–C) groups is 1. The van der Waals surface area contributed by atoms with Gasteiger partial charge in [-0.05, 0) is 61.0 Å². The van der Waals surface area contributed by atoms with E-state index in [1.807, 2.05) is 0 Å². The van der Waals surface area contributed by atoms with Crippen molar-refractivity contribution in [1.82, 2.24) is 21.3 Å². The second-order valence-electron chi connectivity index (χ2n) is 14.5. The minimum atomic E-state index is -0.338. The molecule has 0 spiro atoms. The van der Waals surface area contributed by atoms with Crippen molar-refractivity contribution < 1.29 is 0 Å². The Morgan fingerprint density at radius 3 is 1.50 bits per heavy atom. The van der Waals surface area contributed by atoms with Crippen LogP contribution in [0, 0.1) is 0 Å². The molecule has 0 fully saturated rings. The Morgan fingerprint density at radius 1 is 0.375 bits per heavy atom. The second kappa shape index (κ2) is 14.8. The van der Waals surface area contributed by atoms with E-state index in [0.29, 0.717) is 0 Å². The number of benzene rings is 8. The number of rotatable bonds is 7. The van der Waals surface area contributed by atoms with Gasteiger partial charge in [0.25, 0.3) is 0 Å². The maximum atomic E-state index is 5.48. The van der Waals surface area contributed by atoms with Gasteiger partial charge in [-0.15, -0.1) is 0 Å². The van der Waals surface area contributed by atoms with E-state index in [2.05, 4.69) is 221 Å². The molecule has 4 unspecified atom stereocenters. The summed E-state index contributed by atoms with van der Waals surface area (Å²) >= 11 is 0. The molecule has 4 atom stereocenters. The first kappa shape index (κ1) is 33.8. The Balaban J connectivity index is 1.12. The highest BCUT2D eigenvalue weighted by molar-refractivity contribution is 6.16. The molecule has 0 aromatic heterocycles. The quantitative estimate of drug-likeness (QED) is 0.124. The highest BCUT2D eigenvalue weighted by Crippen LogP contribution is 2.44. The van der Waals surface area contributed by atoms with Crippen LogP contribution in [0.5, 0.6) is 0 Å². The molecule has 5 nitrogen and oxygen atoms in total. The van der Waals surface area contributed by atoms with E-state index >= 15 is 0 Å². The Hall–Kier alpha value is -6.79. The zero-order valence-electron chi connectivity index (χ0n) is 30.8. The van der Waals surface area contributed by atoms with Crippen LogP contribution in [0.2, 0.25) is 0 Å². The van der Waals surface area contributed by atoms with Crippen LogP contribution >= 0.6 is 0 Å². The molecular formula is C51H41N5. The van der Waals surface area contributed by atoms with Gasteiger partial charge in [0.1, 0.15) is 24.3 Å². The molecule has 10 rings (SSSR count). The van der Waals surface area contributed by atoms with Crippen LogP contribution in [0.15, 0.2) is 205 Å². The molecule has 2 heterocycles. The zero-order chi connectivity index (χ0) is 37.3. The summed E-state index contributed by atoms with van der Waals surface area (Å²) in [5, 5.41) is 20.1. The summed E-state index contributed by atoms with van der Waals surface area (Å²) in [6, 6.07) is 69.0. The van der Waals surface area contributed by atoms with Crippen LogP contribution < -0.4 is 21.3 Å². The normalized spacial score (nSPS) is 19.4. The Morgan fingerprint density at radius 2 is 0.875 bits per heavy atom. The molecule has 0 saturated heterocycles. The lowest BCUT2D eigenvalue weighted by Gasteiger charge is -2.34. The van der Waals surface area contributed by atoms with Crippen LogP contribution in [0.1, 0.15) is 57.9 Å². The topological polar surface area (TPSA) is 60.5 Å². The average Bonchev–Trinajstić information content (AvgIpc) is 3.29. The van der Waals surface area contributed by atoms with Gasteiger partial charge in [-0.2, -0.15) is 0 Å². The van der Waals surface area contributed by atoms with Crippen LogP contribution in [0.4, 0.5) is 0 Å². The molecule has 8 aromatic carbocycles. The summed E-state index contributed by atoms with van der Waals surface area (Å²) in [4.78, 5) is 5.48. The maximum absolute atomic E-state index is 5.48. The average molecular weight is 724 g/mol. The molecule has 56 heavy (non-hydrogen) atoms. The smallest absolute Gasteiger partial charge is 0.131 e. The van der Waals surface area contributed by atoms with Crippen molar-refractivity contribution in [3.63, 3.8) is 0 Å². The van der Waals surface area contributed by atoms with Crippen LogP contribution in [-0.2, 0) is 0 Å². The van der Waals surface area contributed by atoms with Crippen LogP contribution in [0.3, 0.4) is 0 Å². The zero-order valence-corrected chi connectivity index (χ0v) is 30.8. The summed E-state index contributed by atoms with van der Waals surface area (Å²) in [6.07, 6.45) is 1.78. The standard InChI is InChI=1S/C51H41N5/c1-5-17-34(18-6-1)44-33-45(53-48(52-44)37-19-7-2-8-20-37)35-29-31-36(32-30-35)46-42-27-15-13-25-40(42)41-26-14-16-28-43(41)47(46)51-55-49(38-21-9-3-10-22-38)54-50(56-51)39-23-11-4-12-24-39/h1-33,45,48-49,51-53,55H,(H,54,56). The lowest BCUT2D eigenvalue weighted by Crippen LogP contribution is -2.45. The molecule has 0 aliphatic carbocycles. The fourth-order valence-electron chi connectivity index (χ4n) is 8.34. The van der Waals surface area contributed by atoms with E-state index in [-0.39, 0.29) is 24.5 Å². The van der Waals surface area contributed by atoms with Gasteiger partial charge < -0.3 is 10.6 Å². The van der Waals surface area contributed by atoms with Gasteiger partial charge in [0.2, 0.25) is 0 Å². The molecule has 0 saturated carbocycles. The lowest BCUT2D eigenvalue weighted by molar-refractivity contribution is 0.411. The minimum Gasteiger partial charge on any atom is -0.366 e. The summed E-state index contributed by atoms with van der Waals surface area (Å²) < 4.78 is 0. The highest BCUT2D eigenvalue weighted by atomic mass is 15.3. The number of nitrogens with zero attached hydrogens (tertiary/aromatic N) is 1. The minimum absolute atomic E-state index is 0.00530. The molecule has 5 heteroatoms. The van der Waals surface area contributed by atoms with Gasteiger partial charge in [0.05, 0.1) is 6.04 Å². The highest BCUT2D eigenvalue weighted by Gasteiger charge is 2.30. The molecule has 4 N–H and O–H groups in total. The van der Waals surface area contributed by atoms with Gasteiger partial charge in [-0.25, -0.2) is 4.99 Å². The fourth-order valence-corrected chi connectivity index (χ4v) is 8.34. The van der Waals surface area contributed by atoms with Crippen molar-refractivity contribution in [2.24, 2.45) is 4.99 Å². The summed E-state index contributed by atoms with van der Waals surface area (Å²) in [6.45, 7) is 0. The third-order valence-corrected chi connectivity index (χ3v) is 11.0. The lowest BCUT2D eigenvalue weighted by atomic mass is 9.86. The second-order valence-corrected chi connectivity index (χ2v) is 14.5. The van der Waals surface area contributed by atoms with Crippen molar-refractivity contribution in [2.45, 2.75) is 24.5 Å². The maximum Gasteiger partial charge on any atom is 0.131 e. The summed E-state index contributed by atoms with van der Waals surface area (Å²) in [5.41, 5.74) is 10.4. The number of nitrogens with one attached hydrogen (secondary N) is 4.